The van der Waals surface area contributed by atoms with Gasteiger partial charge in [0.15, 0.2) is 0 Å². The van der Waals surface area contributed by atoms with Gasteiger partial charge < -0.3 is 5.73 Å². The fourth-order valence-corrected chi connectivity index (χ4v) is 0.733. The minimum absolute atomic E-state index is 0.500. The average Bonchev–Trinajstić information content (AvgIpc) is 2.46. The van der Waals surface area contributed by atoms with Crippen molar-refractivity contribution in [1.29, 1.82) is 0 Å². The fraction of sp³-hybridized carbons (Fsp3) is 0.833. The van der Waals surface area contributed by atoms with Gasteiger partial charge in [0.05, 0.1) is 0 Å². The van der Waals surface area contributed by atoms with Crippen LogP contribution in [0.25, 0.3) is 0 Å². The molecule has 1 nitrogen and oxygen atoms in total. The summed E-state index contributed by atoms with van der Waals surface area (Å²) in [6.45, 7) is 4.65. The normalized spacial score (nSPS) is 24.9. The summed E-state index contributed by atoms with van der Waals surface area (Å²) in [6.07, 6.45) is 3.66. The van der Waals surface area contributed by atoms with Crippen molar-refractivity contribution in [2.75, 3.05) is 6.54 Å². The quantitative estimate of drug-likeness (QED) is 0.546. The number of hydrogen-bond donors (Lipinski definition) is 1. The zero-order valence-electron chi connectivity index (χ0n) is 4.61. The molecular weight excluding hydrogens is 86.1 g/mol. The van der Waals surface area contributed by atoms with E-state index in [0.29, 0.717) is 5.41 Å². The molecule has 0 aromatic carbocycles. The van der Waals surface area contributed by atoms with Crippen molar-refractivity contribution in [3.05, 3.63) is 6.92 Å². The molecule has 0 spiro atoms. The second kappa shape index (κ2) is 1.48. The molecule has 1 aliphatic carbocycles. The Balaban J connectivity index is 2.28. The van der Waals surface area contributed by atoms with E-state index in [2.05, 4.69) is 6.92 Å². The zero-order valence-corrected chi connectivity index (χ0v) is 4.61. The summed E-state index contributed by atoms with van der Waals surface area (Å²) in [7, 11) is 0. The van der Waals surface area contributed by atoms with Gasteiger partial charge >= 0.3 is 0 Å². The predicted octanol–water partition coefficient (Wildman–Crippen LogP) is 0.949. The van der Waals surface area contributed by atoms with Gasteiger partial charge in [0.2, 0.25) is 0 Å². The third-order valence-corrected chi connectivity index (χ3v) is 1.92. The summed E-state index contributed by atoms with van der Waals surface area (Å²) in [5.41, 5.74) is 5.94. The van der Waals surface area contributed by atoms with Crippen LogP contribution in [0, 0.1) is 12.3 Å². The van der Waals surface area contributed by atoms with Gasteiger partial charge in [-0.15, -0.1) is 0 Å². The molecule has 2 N–H and O–H groups in total. The second-order valence-electron chi connectivity index (χ2n) is 2.45. The summed E-state index contributed by atoms with van der Waals surface area (Å²) >= 11 is 0. The van der Waals surface area contributed by atoms with Crippen LogP contribution in [0.5, 0.6) is 0 Å². The Bertz CT molecular complexity index is 58.6. The molecule has 1 fully saturated rings. The van der Waals surface area contributed by atoms with Crippen LogP contribution in [0.15, 0.2) is 0 Å². The highest BCUT2D eigenvalue weighted by molar-refractivity contribution is 4.93. The van der Waals surface area contributed by atoms with Crippen molar-refractivity contribution in [2.45, 2.75) is 19.3 Å². The van der Waals surface area contributed by atoms with Gasteiger partial charge in [0.25, 0.3) is 0 Å². The van der Waals surface area contributed by atoms with E-state index >= 15 is 0 Å². The molecule has 0 aliphatic heterocycles. The minimum atomic E-state index is 0.500. The second-order valence-corrected chi connectivity index (χ2v) is 2.45. The highest BCUT2D eigenvalue weighted by atomic mass is 14.6. The summed E-state index contributed by atoms with van der Waals surface area (Å²) < 4.78 is 0. The van der Waals surface area contributed by atoms with Crippen LogP contribution in [-0.4, -0.2) is 6.54 Å². The maximum atomic E-state index is 5.44. The standard InChI is InChI=1S/C6H12N/c1-2-6(5-7)3-4-6/h1-5,7H2. The van der Waals surface area contributed by atoms with E-state index in [-0.39, 0.29) is 0 Å². The van der Waals surface area contributed by atoms with Crippen molar-refractivity contribution in [3.8, 4) is 0 Å². The van der Waals surface area contributed by atoms with E-state index in [1.807, 2.05) is 0 Å². The Morgan fingerprint density at radius 2 is 2.14 bits per heavy atom. The van der Waals surface area contributed by atoms with Crippen LogP contribution in [0.4, 0.5) is 0 Å². The maximum absolute atomic E-state index is 5.44. The first-order chi connectivity index (χ1) is 3.33. The Morgan fingerprint density at radius 1 is 1.57 bits per heavy atom. The van der Waals surface area contributed by atoms with Crippen LogP contribution >= 0.6 is 0 Å². The molecule has 41 valence electrons. The van der Waals surface area contributed by atoms with E-state index in [4.69, 9.17) is 5.73 Å². The van der Waals surface area contributed by atoms with Gasteiger partial charge in [-0.1, -0.05) is 6.92 Å². The molecule has 1 rings (SSSR count). The molecule has 0 atom stereocenters. The molecule has 0 bridgehead atoms. The Hall–Kier alpha value is -0.0400. The van der Waals surface area contributed by atoms with Crippen molar-refractivity contribution in [1.82, 2.24) is 0 Å². The molecule has 0 unspecified atom stereocenters. The summed E-state index contributed by atoms with van der Waals surface area (Å²) in [4.78, 5) is 0. The van der Waals surface area contributed by atoms with E-state index in [1.54, 1.807) is 0 Å². The van der Waals surface area contributed by atoms with Gasteiger partial charge in [-0.25, -0.2) is 0 Å². The van der Waals surface area contributed by atoms with Crippen molar-refractivity contribution >= 4 is 0 Å². The lowest BCUT2D eigenvalue weighted by atomic mass is 10.1. The molecule has 1 heteroatoms. The van der Waals surface area contributed by atoms with Crippen LogP contribution in [0.3, 0.4) is 0 Å². The first-order valence-electron chi connectivity index (χ1n) is 2.82. The topological polar surface area (TPSA) is 26.0 Å². The van der Waals surface area contributed by atoms with Crippen molar-refractivity contribution in [3.63, 3.8) is 0 Å². The highest BCUT2D eigenvalue weighted by Crippen LogP contribution is 2.47. The Morgan fingerprint density at radius 3 is 2.14 bits per heavy atom. The lowest BCUT2D eigenvalue weighted by molar-refractivity contribution is 0.531. The summed E-state index contributed by atoms with van der Waals surface area (Å²) in [5.74, 6) is 0. The third kappa shape index (κ3) is 0.778. The van der Waals surface area contributed by atoms with Gasteiger partial charge in [0.1, 0.15) is 0 Å². The molecule has 0 saturated heterocycles. The molecule has 1 radical (unpaired) electrons. The van der Waals surface area contributed by atoms with Crippen LogP contribution in [-0.2, 0) is 0 Å². The predicted molar refractivity (Wildman–Crippen MR) is 30.7 cm³/mol. The van der Waals surface area contributed by atoms with Gasteiger partial charge in [-0.05, 0) is 31.2 Å². The monoisotopic (exact) mass is 98.1 g/mol. The van der Waals surface area contributed by atoms with Gasteiger partial charge in [-0.2, -0.15) is 0 Å². The third-order valence-electron chi connectivity index (χ3n) is 1.92. The lowest BCUT2D eigenvalue weighted by Gasteiger charge is -2.04. The maximum Gasteiger partial charge on any atom is -0.00205 e. The molecule has 0 amide bonds. The smallest absolute Gasteiger partial charge is 0.00205 e. The van der Waals surface area contributed by atoms with E-state index in [9.17, 15) is 0 Å². The molecule has 1 aliphatic rings. The molecule has 0 aromatic rings. The summed E-state index contributed by atoms with van der Waals surface area (Å²) in [5, 5.41) is 0. The number of hydrogen-bond acceptors (Lipinski definition) is 1. The van der Waals surface area contributed by atoms with E-state index in [0.717, 1.165) is 13.0 Å². The summed E-state index contributed by atoms with van der Waals surface area (Å²) in [6, 6.07) is 0. The zero-order chi connectivity index (χ0) is 5.33. The molecule has 1 saturated carbocycles. The average molecular weight is 98.2 g/mol. The highest BCUT2D eigenvalue weighted by Gasteiger charge is 2.38. The fourth-order valence-electron chi connectivity index (χ4n) is 0.733. The lowest BCUT2D eigenvalue weighted by Crippen LogP contribution is -2.13. The first-order valence-corrected chi connectivity index (χ1v) is 2.82. The minimum Gasteiger partial charge on any atom is -0.330 e. The largest absolute Gasteiger partial charge is 0.330 e. The SMILES string of the molecule is [CH2]CC1(CN)CC1. The molecule has 0 aromatic heterocycles. The first kappa shape index (κ1) is 5.10. The van der Waals surface area contributed by atoms with Crippen LogP contribution < -0.4 is 5.73 Å². The Labute approximate surface area is 44.9 Å². The van der Waals surface area contributed by atoms with Gasteiger partial charge in [-0.3, -0.25) is 0 Å². The van der Waals surface area contributed by atoms with E-state index < -0.39 is 0 Å². The Kier molecular flexibility index (Phi) is 1.08. The molecule has 0 heterocycles. The molecular formula is C6H12N. The van der Waals surface area contributed by atoms with Gasteiger partial charge in [0, 0.05) is 0 Å². The van der Waals surface area contributed by atoms with E-state index in [1.165, 1.54) is 12.8 Å². The van der Waals surface area contributed by atoms with Crippen LogP contribution in [0.1, 0.15) is 19.3 Å². The number of rotatable bonds is 2. The van der Waals surface area contributed by atoms with Crippen molar-refractivity contribution in [2.24, 2.45) is 11.1 Å². The number of nitrogens with two attached hydrogens (primary N) is 1. The van der Waals surface area contributed by atoms with Crippen LogP contribution in [0.2, 0.25) is 0 Å². The van der Waals surface area contributed by atoms with Crippen molar-refractivity contribution < 1.29 is 0 Å². The molecule has 7 heavy (non-hydrogen) atoms.